The number of non-ortho nitro benzene ring substituents is 1. The van der Waals surface area contributed by atoms with E-state index in [1.165, 1.54) is 38.2 Å². The van der Waals surface area contributed by atoms with Crippen LogP contribution in [0.2, 0.25) is 0 Å². The molecule has 0 amide bonds. The minimum absolute atomic E-state index is 0.0832. The largest absolute Gasteiger partial charge is 0.493 e. The van der Waals surface area contributed by atoms with Gasteiger partial charge in [0.15, 0.2) is 5.69 Å². The molecule has 0 aliphatic carbocycles. The number of aromatic hydroxyl groups is 1. The number of nitriles is 1. The van der Waals surface area contributed by atoms with Gasteiger partial charge in [0.1, 0.15) is 11.6 Å². The second-order valence-electron chi connectivity index (χ2n) is 4.63. The molecule has 0 aliphatic rings. The van der Waals surface area contributed by atoms with Crippen LogP contribution >= 0.6 is 0 Å². The van der Waals surface area contributed by atoms with Gasteiger partial charge >= 0.3 is 0 Å². The Morgan fingerprint density at radius 2 is 2.09 bits per heavy atom. The number of rotatable bonds is 3. The first-order chi connectivity index (χ1) is 10.9. The molecule has 0 saturated heterocycles. The van der Waals surface area contributed by atoms with E-state index in [4.69, 9.17) is 5.26 Å². The van der Waals surface area contributed by atoms with E-state index in [0.717, 1.165) is 4.57 Å². The van der Waals surface area contributed by atoms with Crippen molar-refractivity contribution in [3.05, 3.63) is 55.9 Å². The van der Waals surface area contributed by atoms with Crippen molar-refractivity contribution in [2.75, 3.05) is 0 Å². The summed E-state index contributed by atoms with van der Waals surface area (Å²) in [5, 5.41) is 37.1. The molecule has 0 spiro atoms. The van der Waals surface area contributed by atoms with Gasteiger partial charge in [-0.15, -0.1) is 5.11 Å². The van der Waals surface area contributed by atoms with Crippen LogP contribution in [0.15, 0.2) is 39.3 Å². The lowest BCUT2D eigenvalue weighted by molar-refractivity contribution is -0.384. The maximum absolute atomic E-state index is 12.1. The van der Waals surface area contributed by atoms with Gasteiger partial charge in [-0.05, 0) is 13.0 Å². The molecule has 116 valence electrons. The smallest absolute Gasteiger partial charge is 0.281 e. The van der Waals surface area contributed by atoms with Gasteiger partial charge in [-0.3, -0.25) is 19.5 Å². The number of hydrogen-bond donors (Lipinski definition) is 1. The Hall–Kier alpha value is -3.54. The van der Waals surface area contributed by atoms with E-state index < -0.39 is 16.4 Å². The van der Waals surface area contributed by atoms with Crippen molar-refractivity contribution in [2.45, 2.75) is 6.92 Å². The van der Waals surface area contributed by atoms with Crippen molar-refractivity contribution in [3.8, 4) is 11.9 Å². The Bertz CT molecular complexity index is 924. The van der Waals surface area contributed by atoms with Crippen LogP contribution in [-0.4, -0.2) is 14.6 Å². The van der Waals surface area contributed by atoms with Crippen molar-refractivity contribution in [1.29, 1.82) is 5.26 Å². The van der Waals surface area contributed by atoms with E-state index in [2.05, 4.69) is 10.2 Å². The van der Waals surface area contributed by atoms with Crippen molar-refractivity contribution >= 4 is 17.1 Å². The Morgan fingerprint density at radius 3 is 2.70 bits per heavy atom. The van der Waals surface area contributed by atoms with Gasteiger partial charge in [-0.25, -0.2) is 0 Å². The summed E-state index contributed by atoms with van der Waals surface area (Å²) < 4.78 is 0.882. The quantitative estimate of drug-likeness (QED) is 0.528. The Balaban J connectivity index is 2.55. The van der Waals surface area contributed by atoms with E-state index in [0.29, 0.717) is 0 Å². The molecule has 1 aromatic carbocycles. The predicted octanol–water partition coefficient (Wildman–Crippen LogP) is 2.59. The molecule has 2 aromatic rings. The molecular formula is C14H11N5O4. The molecule has 0 aliphatic heterocycles. The highest BCUT2D eigenvalue weighted by Gasteiger charge is 2.17. The van der Waals surface area contributed by atoms with E-state index in [1.807, 2.05) is 0 Å². The third-order valence-electron chi connectivity index (χ3n) is 3.20. The summed E-state index contributed by atoms with van der Waals surface area (Å²) in [6.07, 6.45) is 0. The lowest BCUT2D eigenvalue weighted by atomic mass is 10.1. The number of benzene rings is 1. The molecule has 1 N–H and O–H groups in total. The SMILES string of the molecule is Cc1c(C#N)c(O)n(C)c(=O)c1N=Nc1cccc([N+](=O)[O-])c1. The third-order valence-corrected chi connectivity index (χ3v) is 3.20. The highest BCUT2D eigenvalue weighted by atomic mass is 16.6. The number of nitro benzene ring substituents is 1. The van der Waals surface area contributed by atoms with Crippen LogP contribution in [0, 0.1) is 28.4 Å². The summed E-state index contributed by atoms with van der Waals surface area (Å²) in [5.74, 6) is -0.454. The monoisotopic (exact) mass is 313 g/mol. The van der Waals surface area contributed by atoms with Crippen LogP contribution in [-0.2, 0) is 7.05 Å². The molecule has 0 radical (unpaired) electrons. The molecule has 9 heteroatoms. The highest BCUT2D eigenvalue weighted by molar-refractivity contribution is 5.56. The summed E-state index contributed by atoms with van der Waals surface area (Å²) in [5.41, 5.74) is -0.620. The van der Waals surface area contributed by atoms with Crippen LogP contribution in [0.1, 0.15) is 11.1 Å². The lowest BCUT2D eigenvalue weighted by Gasteiger charge is -2.08. The molecule has 23 heavy (non-hydrogen) atoms. The number of azo groups is 1. The average molecular weight is 313 g/mol. The van der Waals surface area contributed by atoms with Gasteiger partial charge in [-0.2, -0.15) is 10.4 Å². The average Bonchev–Trinajstić information content (AvgIpc) is 2.53. The second kappa shape index (κ2) is 6.07. The van der Waals surface area contributed by atoms with E-state index in [-0.39, 0.29) is 28.2 Å². The van der Waals surface area contributed by atoms with Crippen LogP contribution in [0.4, 0.5) is 17.1 Å². The van der Waals surface area contributed by atoms with E-state index >= 15 is 0 Å². The van der Waals surface area contributed by atoms with Crippen molar-refractivity contribution in [1.82, 2.24) is 4.57 Å². The minimum atomic E-state index is -0.631. The van der Waals surface area contributed by atoms with Crippen LogP contribution in [0.25, 0.3) is 0 Å². The summed E-state index contributed by atoms with van der Waals surface area (Å²) in [6, 6.07) is 7.23. The fraction of sp³-hybridized carbons (Fsp3) is 0.143. The second-order valence-corrected chi connectivity index (χ2v) is 4.63. The lowest BCUT2D eigenvalue weighted by Crippen LogP contribution is -2.18. The van der Waals surface area contributed by atoms with E-state index in [9.17, 15) is 20.0 Å². The Labute approximate surface area is 129 Å². The maximum atomic E-state index is 12.1. The predicted molar refractivity (Wildman–Crippen MR) is 80.1 cm³/mol. The fourth-order valence-corrected chi connectivity index (χ4v) is 1.90. The van der Waals surface area contributed by atoms with Crippen molar-refractivity contribution in [2.24, 2.45) is 17.3 Å². The molecule has 0 unspecified atom stereocenters. The van der Waals surface area contributed by atoms with Crippen LogP contribution in [0.5, 0.6) is 5.88 Å². The zero-order chi connectivity index (χ0) is 17.1. The van der Waals surface area contributed by atoms with Gasteiger partial charge < -0.3 is 5.11 Å². The van der Waals surface area contributed by atoms with Crippen LogP contribution < -0.4 is 5.56 Å². The first-order valence-corrected chi connectivity index (χ1v) is 6.35. The first-order valence-electron chi connectivity index (χ1n) is 6.35. The number of nitro groups is 1. The molecule has 0 fully saturated rings. The van der Waals surface area contributed by atoms with Gasteiger partial charge in [0.25, 0.3) is 11.2 Å². The standard InChI is InChI=1S/C14H11N5O4/c1-8-11(7-15)13(20)18(2)14(21)12(8)17-16-9-4-3-5-10(6-9)19(22)23/h3-6,20H,1-2H3. The Kier molecular flexibility index (Phi) is 4.18. The normalized spacial score (nSPS) is 10.7. The zero-order valence-corrected chi connectivity index (χ0v) is 12.2. The maximum Gasteiger partial charge on any atom is 0.281 e. The van der Waals surface area contributed by atoms with Gasteiger partial charge in [-0.1, -0.05) is 6.07 Å². The van der Waals surface area contributed by atoms with Crippen LogP contribution in [0.3, 0.4) is 0 Å². The van der Waals surface area contributed by atoms with Gasteiger partial charge in [0, 0.05) is 24.7 Å². The highest BCUT2D eigenvalue weighted by Crippen LogP contribution is 2.27. The molecule has 0 atom stereocenters. The molecule has 0 saturated carbocycles. The third kappa shape index (κ3) is 2.91. The summed E-state index contributed by atoms with van der Waals surface area (Å²) in [7, 11) is 1.30. The number of hydrogen-bond acceptors (Lipinski definition) is 7. The fourth-order valence-electron chi connectivity index (χ4n) is 1.90. The molecule has 2 rings (SSSR count). The zero-order valence-electron chi connectivity index (χ0n) is 12.2. The summed E-state index contributed by atoms with van der Waals surface area (Å²) in [4.78, 5) is 22.3. The van der Waals surface area contributed by atoms with Crippen molar-refractivity contribution < 1.29 is 10.0 Å². The summed E-state index contributed by atoms with van der Waals surface area (Å²) in [6.45, 7) is 1.46. The summed E-state index contributed by atoms with van der Waals surface area (Å²) >= 11 is 0. The minimum Gasteiger partial charge on any atom is -0.493 e. The Morgan fingerprint density at radius 1 is 1.39 bits per heavy atom. The van der Waals surface area contributed by atoms with Crippen molar-refractivity contribution in [3.63, 3.8) is 0 Å². The molecule has 1 aromatic heterocycles. The first kappa shape index (κ1) is 15.8. The molecule has 1 heterocycles. The molecule has 0 bridgehead atoms. The number of nitrogens with zero attached hydrogens (tertiary/aromatic N) is 5. The number of aromatic nitrogens is 1. The topological polar surface area (TPSA) is 134 Å². The van der Waals surface area contributed by atoms with Gasteiger partial charge in [0.2, 0.25) is 5.88 Å². The van der Waals surface area contributed by atoms with E-state index in [1.54, 1.807) is 6.07 Å². The number of pyridine rings is 1. The van der Waals surface area contributed by atoms with Gasteiger partial charge in [0.05, 0.1) is 10.6 Å². The molecular weight excluding hydrogens is 302 g/mol. The molecule has 9 nitrogen and oxygen atoms in total.